The molecule has 0 aromatic rings. The van der Waals surface area contributed by atoms with E-state index in [-0.39, 0.29) is 39.0 Å². The number of hydrogen-bond donors (Lipinski definition) is 4. The normalized spacial score (nSPS) is 5.65. The number of thiocarbonyl (C=S) groups is 4. The average Bonchev–Trinajstić information content (AvgIpc) is 1.76. The fourth-order valence-electron chi connectivity index (χ4n) is 0. The Bertz CT molecular complexity index is 170. The second-order valence-electron chi connectivity index (χ2n) is 1.28. The van der Waals surface area contributed by atoms with Crippen LogP contribution in [0.25, 0.3) is 0 Å². The van der Waals surface area contributed by atoms with Crippen molar-refractivity contribution in [1.29, 1.82) is 0 Å². The SMILES string of the molecule is NC(=S)[S-].NC(=S)[S-].NC(=S)[S-].NC(=S)[S-].[Ti+4]. The van der Waals surface area contributed by atoms with Crippen molar-refractivity contribution >= 4 is 117 Å². The van der Waals surface area contributed by atoms with Gasteiger partial charge in [0, 0.05) is 0 Å². The molecule has 0 aromatic heterocycles. The predicted octanol–water partition coefficient (Wildman–Crippen LogP) is -0.895. The average molecular weight is 417 g/mol. The van der Waals surface area contributed by atoms with Crippen LogP contribution in [0.4, 0.5) is 0 Å². The van der Waals surface area contributed by atoms with Gasteiger partial charge in [-0.25, -0.2) is 0 Å². The Balaban J connectivity index is -0.0000000369. The minimum absolute atomic E-state index is 0. The summed E-state index contributed by atoms with van der Waals surface area (Å²) in [5.74, 6) is 0. The van der Waals surface area contributed by atoms with E-state index in [1.54, 1.807) is 0 Å². The molecule has 0 amide bonds. The summed E-state index contributed by atoms with van der Waals surface area (Å²) in [4.78, 5) is 0. The van der Waals surface area contributed by atoms with Crippen LogP contribution < -0.4 is 22.9 Å². The molecule has 4 nitrogen and oxygen atoms in total. The molecule has 0 fully saturated rings. The van der Waals surface area contributed by atoms with E-state index in [2.05, 4.69) is 122 Å². The van der Waals surface area contributed by atoms with Crippen molar-refractivity contribution in [3.05, 3.63) is 0 Å². The number of hydrogen-bond acceptors (Lipinski definition) is 8. The number of nitrogens with two attached hydrogens (primary N) is 4. The van der Waals surface area contributed by atoms with E-state index in [1.807, 2.05) is 0 Å². The van der Waals surface area contributed by atoms with E-state index in [9.17, 15) is 0 Å². The van der Waals surface area contributed by atoms with E-state index >= 15 is 0 Å². The van der Waals surface area contributed by atoms with Crippen LogP contribution in [-0.2, 0) is 72.2 Å². The van der Waals surface area contributed by atoms with Crippen molar-refractivity contribution in [1.82, 2.24) is 0 Å². The molecule has 0 radical (unpaired) electrons. The van der Waals surface area contributed by atoms with Crippen molar-refractivity contribution in [2.45, 2.75) is 0 Å². The van der Waals surface area contributed by atoms with Crippen molar-refractivity contribution < 1.29 is 21.7 Å². The van der Waals surface area contributed by atoms with Gasteiger partial charge in [0.05, 0.1) is 0 Å². The summed E-state index contributed by atoms with van der Waals surface area (Å²) in [5, 5.41) is 0. The van der Waals surface area contributed by atoms with E-state index in [0.717, 1.165) is 0 Å². The Morgan fingerprint density at radius 1 is 0.529 bits per heavy atom. The van der Waals surface area contributed by atoms with Gasteiger partial charge >= 0.3 is 21.7 Å². The van der Waals surface area contributed by atoms with Crippen LogP contribution in [0.3, 0.4) is 0 Å². The quantitative estimate of drug-likeness (QED) is 0.224. The van der Waals surface area contributed by atoms with E-state index in [0.29, 0.717) is 0 Å². The summed E-state index contributed by atoms with van der Waals surface area (Å²) in [6.45, 7) is 0. The molecule has 96 valence electrons. The Morgan fingerprint density at radius 3 is 0.529 bits per heavy atom. The van der Waals surface area contributed by atoms with Gasteiger partial charge in [0.1, 0.15) is 0 Å². The zero-order valence-electron chi connectivity index (χ0n) is 8.08. The van der Waals surface area contributed by atoms with Crippen molar-refractivity contribution in [2.75, 3.05) is 0 Å². The smallest absolute Gasteiger partial charge is 0.415 e. The molecule has 0 heterocycles. The van der Waals surface area contributed by atoms with Gasteiger partial charge in [-0.15, -0.1) is 0 Å². The van der Waals surface area contributed by atoms with Gasteiger partial charge in [-0.3, -0.25) is 0 Å². The molecule has 0 spiro atoms. The molecule has 0 aromatic carbocycles. The molecular formula is C4H8N4S8Ti. The van der Waals surface area contributed by atoms with Gasteiger partial charge < -0.3 is 122 Å². The van der Waals surface area contributed by atoms with E-state index in [4.69, 9.17) is 0 Å². The Labute approximate surface area is 159 Å². The van der Waals surface area contributed by atoms with Crippen LogP contribution >= 0.6 is 48.9 Å². The van der Waals surface area contributed by atoms with Gasteiger partial charge in [-0.1, -0.05) is 17.3 Å². The molecule has 0 aliphatic rings. The maximum Gasteiger partial charge on any atom is 4.00 e. The fourth-order valence-corrected chi connectivity index (χ4v) is 0. The first-order valence-electron chi connectivity index (χ1n) is 2.79. The van der Waals surface area contributed by atoms with Crippen molar-refractivity contribution in [3.8, 4) is 0 Å². The molecule has 0 rings (SSSR count). The maximum absolute atomic E-state index is 4.66. The second-order valence-corrected chi connectivity index (χ2v) is 5.83. The molecule has 0 saturated heterocycles. The second kappa shape index (κ2) is 25.9. The standard InChI is InChI=1S/4CH3NS2.Ti/c4*2-1(3)4;/h4*(H3,2,3,4);/q;;;;+4/p-4. The maximum atomic E-state index is 4.66. The monoisotopic (exact) mass is 416 g/mol. The summed E-state index contributed by atoms with van der Waals surface area (Å²) in [6.07, 6.45) is 0. The largest absolute Gasteiger partial charge is 4.00 e. The van der Waals surface area contributed by atoms with Gasteiger partial charge in [-0.05, 0) is 0 Å². The van der Waals surface area contributed by atoms with Gasteiger partial charge in [0.15, 0.2) is 0 Å². The minimum Gasteiger partial charge on any atom is -0.415 e. The van der Waals surface area contributed by atoms with Crippen LogP contribution in [0.5, 0.6) is 0 Å². The summed E-state index contributed by atoms with van der Waals surface area (Å²) in [5.41, 5.74) is 18.6. The van der Waals surface area contributed by atoms with Crippen molar-refractivity contribution in [3.63, 3.8) is 0 Å². The van der Waals surface area contributed by atoms with Crippen LogP contribution in [0, 0.1) is 0 Å². The Morgan fingerprint density at radius 2 is 0.529 bits per heavy atom. The third-order valence-electron chi connectivity index (χ3n) is 0. The molecule has 0 aliphatic carbocycles. The minimum atomic E-state index is 0. The predicted molar refractivity (Wildman–Crippen MR) is 96.6 cm³/mol. The molecule has 13 heteroatoms. The molecule has 0 bridgehead atoms. The summed E-state index contributed by atoms with van der Waals surface area (Å²) >= 11 is 33.0. The molecule has 0 saturated carbocycles. The zero-order valence-corrected chi connectivity index (χ0v) is 16.2. The van der Waals surface area contributed by atoms with Gasteiger partial charge in [0.2, 0.25) is 0 Å². The molecule has 8 N–H and O–H groups in total. The van der Waals surface area contributed by atoms with Crippen LogP contribution in [0.15, 0.2) is 0 Å². The summed E-state index contributed by atoms with van der Waals surface area (Å²) < 4.78 is 0.333. The van der Waals surface area contributed by atoms with Crippen molar-refractivity contribution in [2.24, 2.45) is 22.9 Å². The molecule has 0 atom stereocenters. The first-order chi connectivity index (χ1) is 6.93. The summed E-state index contributed by atoms with van der Waals surface area (Å²) in [7, 11) is 0. The first-order valence-corrected chi connectivity index (χ1v) is 6.05. The third kappa shape index (κ3) is 2960. The van der Waals surface area contributed by atoms with Crippen LogP contribution in [0.1, 0.15) is 0 Å². The van der Waals surface area contributed by atoms with Crippen LogP contribution in [-0.4, -0.2) is 17.3 Å². The molecule has 0 aliphatic heterocycles. The van der Waals surface area contributed by atoms with Gasteiger partial charge in [0.25, 0.3) is 0 Å². The van der Waals surface area contributed by atoms with E-state index < -0.39 is 0 Å². The Kier molecular flexibility index (Phi) is 47.0. The Hall–Kier alpha value is 1.15. The topological polar surface area (TPSA) is 104 Å². The molecule has 0 unspecified atom stereocenters. The summed E-state index contributed by atoms with van der Waals surface area (Å²) in [6, 6.07) is 0. The number of rotatable bonds is 0. The fraction of sp³-hybridized carbons (Fsp3) is 0. The van der Waals surface area contributed by atoms with Crippen LogP contribution in [0.2, 0.25) is 0 Å². The molecule has 17 heavy (non-hydrogen) atoms. The zero-order chi connectivity index (χ0) is 14.3. The molecular weight excluding hydrogens is 408 g/mol. The first kappa shape index (κ1) is 30.9. The van der Waals surface area contributed by atoms with E-state index in [1.165, 1.54) is 0 Å². The van der Waals surface area contributed by atoms with Gasteiger partial charge in [-0.2, -0.15) is 0 Å². The third-order valence-corrected chi connectivity index (χ3v) is 0.